The normalized spacial score (nSPS) is 10.4. The molecule has 0 saturated heterocycles. The van der Waals surface area contributed by atoms with Gasteiger partial charge in [-0.25, -0.2) is 0 Å². The second-order valence-electron chi connectivity index (χ2n) is 6.94. The first-order valence-electron chi connectivity index (χ1n) is 9.85. The fraction of sp³-hybridized carbons (Fsp3) is 0.208. The number of carbonyl (C=O) groups is 1. The van der Waals surface area contributed by atoms with Crippen LogP contribution in [0.3, 0.4) is 0 Å². The van der Waals surface area contributed by atoms with E-state index in [1.54, 1.807) is 24.3 Å². The molecule has 170 valence electrons. The maximum atomic E-state index is 13.2. The summed E-state index contributed by atoms with van der Waals surface area (Å²) in [4.78, 5) is 27.4. The molecule has 1 heterocycles. The number of aromatic nitrogens is 1. The van der Waals surface area contributed by atoms with E-state index in [4.69, 9.17) is 42.7 Å². The Morgan fingerprint density at radius 3 is 2.42 bits per heavy atom. The molecule has 0 aliphatic rings. The SMILES string of the molecule is COc1ccc(C(=O)Cc2c(Cl)c[nH]c(=O)c2Cl)c(OCCc2ccc(C#N)cc2)c1OC. The van der Waals surface area contributed by atoms with Gasteiger partial charge in [0, 0.05) is 24.6 Å². The molecule has 0 amide bonds. The van der Waals surface area contributed by atoms with E-state index in [2.05, 4.69) is 11.1 Å². The Morgan fingerprint density at radius 1 is 1.06 bits per heavy atom. The summed E-state index contributed by atoms with van der Waals surface area (Å²) >= 11 is 12.2. The van der Waals surface area contributed by atoms with Gasteiger partial charge in [0.1, 0.15) is 5.02 Å². The van der Waals surface area contributed by atoms with Crippen molar-refractivity contribution in [2.45, 2.75) is 12.8 Å². The number of halogens is 2. The molecule has 0 aliphatic heterocycles. The highest BCUT2D eigenvalue weighted by molar-refractivity contribution is 6.36. The van der Waals surface area contributed by atoms with Crippen molar-refractivity contribution in [3.8, 4) is 23.3 Å². The maximum Gasteiger partial charge on any atom is 0.267 e. The molecule has 0 unspecified atom stereocenters. The van der Waals surface area contributed by atoms with E-state index in [-0.39, 0.29) is 51.5 Å². The smallest absolute Gasteiger partial charge is 0.267 e. The molecule has 1 aromatic heterocycles. The van der Waals surface area contributed by atoms with Gasteiger partial charge in [0.15, 0.2) is 17.3 Å². The molecule has 3 rings (SSSR count). The predicted octanol–water partition coefficient (Wildman–Crippen LogP) is 4.62. The van der Waals surface area contributed by atoms with Crippen molar-refractivity contribution in [1.82, 2.24) is 4.98 Å². The fourth-order valence-electron chi connectivity index (χ4n) is 3.22. The standard InChI is InChI=1S/C24H20Cl2N2O5/c1-31-20-8-7-16(19(29)11-17-18(25)13-28-24(30)21(17)26)22(23(20)32-2)33-10-9-14-3-5-15(12-27)6-4-14/h3-8,13H,9-11H2,1-2H3,(H,28,30). The van der Waals surface area contributed by atoms with Gasteiger partial charge in [0.25, 0.3) is 5.56 Å². The molecule has 0 radical (unpaired) electrons. The first-order chi connectivity index (χ1) is 15.9. The summed E-state index contributed by atoms with van der Waals surface area (Å²) in [5, 5.41) is 8.97. The number of hydrogen-bond donors (Lipinski definition) is 1. The number of ketones is 1. The average Bonchev–Trinajstić information content (AvgIpc) is 2.84. The summed E-state index contributed by atoms with van der Waals surface area (Å²) in [6.45, 7) is 0.238. The van der Waals surface area contributed by atoms with Crippen LogP contribution >= 0.6 is 23.2 Å². The van der Waals surface area contributed by atoms with E-state index in [9.17, 15) is 9.59 Å². The number of hydrogen-bond acceptors (Lipinski definition) is 6. The molecule has 1 N–H and O–H groups in total. The van der Waals surface area contributed by atoms with Gasteiger partial charge in [-0.1, -0.05) is 35.3 Å². The van der Waals surface area contributed by atoms with E-state index >= 15 is 0 Å². The van der Waals surface area contributed by atoms with Crippen LogP contribution in [0.1, 0.15) is 27.0 Å². The molecule has 0 aliphatic carbocycles. The second kappa shape index (κ2) is 10.9. The number of benzene rings is 2. The molecule has 0 bridgehead atoms. The van der Waals surface area contributed by atoms with Crippen molar-refractivity contribution < 1.29 is 19.0 Å². The van der Waals surface area contributed by atoms with Crippen LogP contribution in [0.15, 0.2) is 47.4 Å². The van der Waals surface area contributed by atoms with Crippen LogP contribution in [0.4, 0.5) is 0 Å². The fourth-order valence-corrected chi connectivity index (χ4v) is 3.70. The van der Waals surface area contributed by atoms with Gasteiger partial charge < -0.3 is 19.2 Å². The molecule has 33 heavy (non-hydrogen) atoms. The zero-order valence-electron chi connectivity index (χ0n) is 17.9. The lowest BCUT2D eigenvalue weighted by Gasteiger charge is -2.17. The van der Waals surface area contributed by atoms with Gasteiger partial charge in [-0.2, -0.15) is 5.26 Å². The van der Waals surface area contributed by atoms with E-state index in [0.29, 0.717) is 17.7 Å². The quantitative estimate of drug-likeness (QED) is 0.442. The number of methoxy groups -OCH3 is 2. The Hall–Kier alpha value is -3.47. The highest BCUT2D eigenvalue weighted by Gasteiger charge is 2.23. The zero-order chi connectivity index (χ0) is 24.0. The number of nitriles is 1. The van der Waals surface area contributed by atoms with Crippen LogP contribution in [0.2, 0.25) is 10.0 Å². The van der Waals surface area contributed by atoms with Crippen molar-refractivity contribution in [2.24, 2.45) is 0 Å². The molecule has 0 atom stereocenters. The first kappa shape index (κ1) is 24.2. The summed E-state index contributed by atoms with van der Waals surface area (Å²) in [6.07, 6.45) is 1.62. The molecule has 2 aromatic carbocycles. The third-order valence-electron chi connectivity index (χ3n) is 4.94. The summed E-state index contributed by atoms with van der Waals surface area (Å²) in [7, 11) is 2.93. The first-order valence-corrected chi connectivity index (χ1v) is 10.6. The molecule has 0 fully saturated rings. The highest BCUT2D eigenvalue weighted by atomic mass is 35.5. The summed E-state index contributed by atoms with van der Waals surface area (Å²) in [6, 6.07) is 12.4. The lowest BCUT2D eigenvalue weighted by molar-refractivity contribution is 0.0988. The molecule has 0 spiro atoms. The largest absolute Gasteiger partial charge is 0.493 e. The molecule has 9 heteroatoms. The van der Waals surface area contributed by atoms with E-state index < -0.39 is 5.56 Å². The predicted molar refractivity (Wildman–Crippen MR) is 125 cm³/mol. The molecular formula is C24H20Cl2N2O5. The lowest BCUT2D eigenvalue weighted by Crippen LogP contribution is -2.14. The second-order valence-corrected chi connectivity index (χ2v) is 7.73. The topological polar surface area (TPSA) is 101 Å². The van der Waals surface area contributed by atoms with Crippen LogP contribution in [0, 0.1) is 11.3 Å². The summed E-state index contributed by atoms with van der Waals surface area (Å²) in [5.74, 6) is 0.521. The van der Waals surface area contributed by atoms with Crippen molar-refractivity contribution in [2.75, 3.05) is 20.8 Å². The summed E-state index contributed by atoms with van der Waals surface area (Å²) in [5.41, 5.74) is 1.46. The Morgan fingerprint density at radius 2 is 1.79 bits per heavy atom. The number of carbonyl (C=O) groups excluding carboxylic acids is 1. The van der Waals surface area contributed by atoms with Gasteiger partial charge in [-0.3, -0.25) is 9.59 Å². The molecule has 0 saturated carbocycles. The lowest BCUT2D eigenvalue weighted by atomic mass is 10.0. The zero-order valence-corrected chi connectivity index (χ0v) is 19.4. The Kier molecular flexibility index (Phi) is 7.99. The van der Waals surface area contributed by atoms with Crippen molar-refractivity contribution in [3.63, 3.8) is 0 Å². The minimum atomic E-state index is -0.532. The van der Waals surface area contributed by atoms with E-state index in [1.165, 1.54) is 20.4 Å². The molecule has 7 nitrogen and oxygen atoms in total. The van der Waals surface area contributed by atoms with E-state index in [0.717, 1.165) is 5.56 Å². The maximum absolute atomic E-state index is 13.2. The van der Waals surface area contributed by atoms with Crippen LogP contribution in [-0.4, -0.2) is 31.6 Å². The Bertz CT molecular complexity index is 1260. The van der Waals surface area contributed by atoms with Crippen LogP contribution in [0.5, 0.6) is 17.2 Å². The minimum Gasteiger partial charge on any atom is -0.493 e. The van der Waals surface area contributed by atoms with Gasteiger partial charge in [0.2, 0.25) is 5.75 Å². The van der Waals surface area contributed by atoms with Crippen LogP contribution < -0.4 is 19.8 Å². The number of nitrogens with one attached hydrogen (secondary N) is 1. The number of rotatable bonds is 9. The van der Waals surface area contributed by atoms with E-state index in [1.807, 2.05) is 12.1 Å². The molecule has 3 aromatic rings. The summed E-state index contributed by atoms with van der Waals surface area (Å²) < 4.78 is 16.8. The number of pyridine rings is 1. The average molecular weight is 487 g/mol. The minimum absolute atomic E-state index is 0.139. The van der Waals surface area contributed by atoms with Crippen LogP contribution in [-0.2, 0) is 12.8 Å². The van der Waals surface area contributed by atoms with Gasteiger partial charge in [-0.15, -0.1) is 0 Å². The number of ether oxygens (including phenoxy) is 3. The number of H-pyrrole nitrogens is 1. The third-order valence-corrected chi connectivity index (χ3v) is 5.68. The highest BCUT2D eigenvalue weighted by Crippen LogP contribution is 2.41. The third kappa shape index (κ3) is 5.48. The number of nitrogens with zero attached hydrogens (tertiary/aromatic N) is 1. The van der Waals surface area contributed by atoms with Crippen molar-refractivity contribution in [1.29, 1.82) is 5.26 Å². The van der Waals surface area contributed by atoms with Crippen LogP contribution in [0.25, 0.3) is 0 Å². The van der Waals surface area contributed by atoms with Gasteiger partial charge in [0.05, 0.1) is 43.0 Å². The van der Waals surface area contributed by atoms with Crippen molar-refractivity contribution in [3.05, 3.63) is 85.2 Å². The Balaban J connectivity index is 1.89. The van der Waals surface area contributed by atoms with Gasteiger partial charge >= 0.3 is 0 Å². The van der Waals surface area contributed by atoms with Gasteiger partial charge in [-0.05, 0) is 29.8 Å². The monoisotopic (exact) mass is 486 g/mol. The number of aromatic amines is 1. The van der Waals surface area contributed by atoms with Crippen molar-refractivity contribution >= 4 is 29.0 Å². The number of Topliss-reactive ketones (excluding diaryl/α,β-unsaturated/α-hetero) is 1. The Labute approximate surface area is 200 Å². The molecular weight excluding hydrogens is 467 g/mol.